The van der Waals surface area contributed by atoms with Crippen molar-refractivity contribution in [1.82, 2.24) is 0 Å². The van der Waals surface area contributed by atoms with Crippen molar-refractivity contribution in [2.45, 2.75) is 0 Å². The maximum atomic E-state index is 8.82. The third-order valence-corrected chi connectivity index (χ3v) is 0. The molecule has 0 bridgehead atoms. The van der Waals surface area contributed by atoms with Crippen molar-refractivity contribution in [1.29, 1.82) is 0 Å². The van der Waals surface area contributed by atoms with Crippen molar-refractivity contribution in [2.24, 2.45) is 5.34 Å². The summed E-state index contributed by atoms with van der Waals surface area (Å²) < 4.78 is 31.9. The average Bonchev–Trinajstić information content (AvgIpc) is 1.27. The van der Waals surface area contributed by atoms with Gasteiger partial charge in [-0.2, -0.15) is 0 Å². The molecule has 0 saturated carbocycles. The van der Waals surface area contributed by atoms with Gasteiger partial charge in [-0.1, -0.05) is 0 Å². The second kappa shape index (κ2) is 4.61. The molecule has 0 aliphatic rings. The summed E-state index contributed by atoms with van der Waals surface area (Å²) in [5.41, 5.74) is 0. The fourth-order valence-electron chi connectivity index (χ4n) is 0. The molecule has 0 rings (SSSR count). The fraction of sp³-hybridized carbons (Fsp3) is 0. The van der Waals surface area contributed by atoms with Crippen LogP contribution in [0, 0.1) is 4.91 Å². The van der Waals surface area contributed by atoms with Crippen molar-refractivity contribution in [3.8, 4) is 0 Å². The van der Waals surface area contributed by atoms with Gasteiger partial charge in [-0.05, 0) is 0 Å². The fourth-order valence-corrected chi connectivity index (χ4v) is 0. The summed E-state index contributed by atoms with van der Waals surface area (Å²) in [6.45, 7) is 0. The Hall–Kier alpha value is -0.548. The van der Waals surface area contributed by atoms with E-state index in [0.29, 0.717) is 0 Å². The van der Waals surface area contributed by atoms with Crippen LogP contribution in [0.2, 0.25) is 0 Å². The number of hydrogen-bond acceptors (Lipinski definition) is 4. The van der Waals surface area contributed by atoms with Crippen LogP contribution in [-0.4, -0.2) is 13.5 Å². The molecule has 8 heteroatoms. The van der Waals surface area contributed by atoms with Gasteiger partial charge in [-0.15, -0.1) is 4.91 Å². The van der Waals surface area contributed by atoms with Gasteiger partial charge in [-0.3, -0.25) is 0 Å². The van der Waals surface area contributed by atoms with Crippen LogP contribution in [0.15, 0.2) is 5.34 Å². The van der Waals surface area contributed by atoms with Gasteiger partial charge in [0.25, 0.3) is 0 Å². The molecule has 0 spiro atoms. The van der Waals surface area contributed by atoms with Gasteiger partial charge in [0, 0.05) is 0 Å². The topological polar surface area (TPSA) is 124 Å². The van der Waals surface area contributed by atoms with E-state index in [1.807, 2.05) is 0 Å². The third-order valence-electron chi connectivity index (χ3n) is 0. The molecule has 0 atom stereocenters. The summed E-state index contributed by atoms with van der Waals surface area (Å²) >= 11 is -5.25. The van der Waals surface area contributed by atoms with Gasteiger partial charge in [-0.25, -0.2) is 0 Å². The second-order valence-corrected chi connectivity index (χ2v) is 1.93. The monoisotopic (exact) mass is 165 g/mol. The van der Waals surface area contributed by atoms with Crippen molar-refractivity contribution in [3.05, 3.63) is 4.91 Å². The van der Waals surface area contributed by atoms with E-state index in [1.54, 1.807) is 0 Å². The zero-order chi connectivity index (χ0) is 7.21. The number of rotatable bonds is 0. The van der Waals surface area contributed by atoms with E-state index in [1.165, 1.54) is 5.34 Å². The predicted octanol–water partition coefficient (Wildman–Crippen LogP) is -1.21. The molecule has 0 fully saturated rings. The van der Waals surface area contributed by atoms with Crippen LogP contribution in [0.3, 0.4) is 0 Å². The second-order valence-electron chi connectivity index (χ2n) is 0.529. The SMILES string of the molecule is O=NO.[O]=[Cr](=[O])([OH])[OH]. The number of nitrogens with zero attached hydrogens (tertiary/aromatic N) is 1. The van der Waals surface area contributed by atoms with E-state index in [9.17, 15) is 0 Å². The molecule has 0 aliphatic heterocycles. The molecular weight excluding hydrogens is 162 g/mol. The van der Waals surface area contributed by atoms with Crippen molar-refractivity contribution in [3.63, 3.8) is 0 Å². The van der Waals surface area contributed by atoms with Gasteiger partial charge >= 0.3 is 29.5 Å². The summed E-state index contributed by atoms with van der Waals surface area (Å²) in [7, 11) is 0. The van der Waals surface area contributed by atoms with E-state index >= 15 is 0 Å². The molecular formula is H3CrNO6. The molecule has 0 aliphatic carbocycles. The molecule has 0 unspecified atom stereocenters. The normalized spacial score (nSPS) is 8.75. The standard InChI is InChI=1S/Cr.HNO2.2H2O.2O/c;2-1-3;;;;/h;(H,2,3);2*1H2;;/q+2;;;;;/p-2. The Labute approximate surface area is 45.9 Å². The number of hydrogen-bond donors (Lipinski definition) is 3. The Morgan fingerprint density at radius 1 is 1.25 bits per heavy atom. The molecule has 50 valence electrons. The quantitative estimate of drug-likeness (QED) is 0.305. The molecule has 0 aromatic carbocycles. The zero-order valence-corrected chi connectivity index (χ0v) is 4.70. The molecule has 0 amide bonds. The van der Waals surface area contributed by atoms with Gasteiger partial charge in [0.1, 0.15) is 0 Å². The van der Waals surface area contributed by atoms with E-state index in [-0.39, 0.29) is 0 Å². The van der Waals surface area contributed by atoms with Crippen molar-refractivity contribution < 1.29 is 34.7 Å². The molecule has 0 radical (unpaired) electrons. The first-order chi connectivity index (χ1) is 3.41. The molecule has 7 nitrogen and oxygen atoms in total. The first-order valence-electron chi connectivity index (χ1n) is 1.08. The Morgan fingerprint density at radius 3 is 1.25 bits per heavy atom. The van der Waals surface area contributed by atoms with Crippen molar-refractivity contribution >= 4 is 0 Å². The van der Waals surface area contributed by atoms with Crippen LogP contribution in [0.1, 0.15) is 0 Å². The molecule has 0 saturated heterocycles. The van der Waals surface area contributed by atoms with Crippen LogP contribution >= 0.6 is 0 Å². The Kier molecular flexibility index (Phi) is 6.01. The summed E-state index contributed by atoms with van der Waals surface area (Å²) in [6, 6.07) is 0. The van der Waals surface area contributed by atoms with Gasteiger partial charge < -0.3 is 5.21 Å². The van der Waals surface area contributed by atoms with Gasteiger partial charge in [0.05, 0.1) is 0 Å². The summed E-state index contributed by atoms with van der Waals surface area (Å²) in [6.07, 6.45) is 0. The molecule has 0 aromatic rings. The Morgan fingerprint density at radius 2 is 1.25 bits per heavy atom. The van der Waals surface area contributed by atoms with Crippen LogP contribution < -0.4 is 0 Å². The first-order valence-corrected chi connectivity index (χ1v) is 3.26. The maximum absolute atomic E-state index is 8.82. The van der Waals surface area contributed by atoms with Gasteiger partial charge in [0.15, 0.2) is 5.34 Å². The minimum absolute atomic E-state index is 1.25. The summed E-state index contributed by atoms with van der Waals surface area (Å²) in [4.78, 5) is 8.11. The van der Waals surface area contributed by atoms with E-state index < -0.39 is 13.6 Å². The Bertz CT molecular complexity index is 123. The van der Waals surface area contributed by atoms with E-state index in [2.05, 4.69) is 0 Å². The molecule has 3 N–H and O–H groups in total. The summed E-state index contributed by atoms with van der Waals surface area (Å²) in [5.74, 6) is 0. The van der Waals surface area contributed by atoms with Crippen LogP contribution in [0.4, 0.5) is 0 Å². The van der Waals surface area contributed by atoms with E-state index in [0.717, 1.165) is 0 Å². The first kappa shape index (κ1) is 10.4. The van der Waals surface area contributed by atoms with Crippen molar-refractivity contribution in [2.75, 3.05) is 0 Å². The van der Waals surface area contributed by atoms with Crippen LogP contribution in [0.25, 0.3) is 0 Å². The van der Waals surface area contributed by atoms with Crippen LogP contribution in [-0.2, 0) is 21.2 Å². The van der Waals surface area contributed by atoms with Crippen LogP contribution in [0.5, 0.6) is 0 Å². The zero-order valence-electron chi connectivity index (χ0n) is 3.42. The third kappa shape index (κ3) is 361. The average molecular weight is 165 g/mol. The summed E-state index contributed by atoms with van der Waals surface area (Å²) in [5, 5.41) is 7.89. The predicted molar refractivity (Wildman–Crippen MR) is 13.4 cm³/mol. The molecule has 8 heavy (non-hydrogen) atoms. The minimum atomic E-state index is -5.25. The van der Waals surface area contributed by atoms with E-state index in [4.69, 9.17) is 26.0 Å². The Balaban J connectivity index is 0. The molecule has 0 heterocycles. The molecule has 0 aromatic heterocycles. The van der Waals surface area contributed by atoms with Gasteiger partial charge in [0.2, 0.25) is 0 Å².